The van der Waals surface area contributed by atoms with Gasteiger partial charge in [0.05, 0.1) is 13.2 Å². The highest BCUT2D eigenvalue weighted by molar-refractivity contribution is 4.61. The lowest BCUT2D eigenvalue weighted by Crippen LogP contribution is -2.23. The molecular formula is C5H10O4. The predicted octanol–water partition coefficient (Wildman–Crippen LogP) is -1.29. The van der Waals surface area contributed by atoms with E-state index in [4.69, 9.17) is 19.7 Å². The van der Waals surface area contributed by atoms with Gasteiger partial charge < -0.3 is 19.7 Å². The number of hydrogen-bond acceptors (Lipinski definition) is 4. The Balaban J connectivity index is 2.05. The quantitative estimate of drug-likeness (QED) is 0.470. The van der Waals surface area contributed by atoms with Crippen LogP contribution in [0, 0.1) is 0 Å². The van der Waals surface area contributed by atoms with Crippen LogP contribution in [0.3, 0.4) is 0 Å². The Bertz CT molecular complexity index is 77.0. The number of aliphatic hydroxyl groups excluding tert-OH is 2. The highest BCUT2D eigenvalue weighted by atomic mass is 16.8. The third kappa shape index (κ3) is 2.28. The second-order valence-corrected chi connectivity index (χ2v) is 1.89. The minimum atomic E-state index is -0.475. The Morgan fingerprint density at radius 2 is 2.11 bits per heavy atom. The monoisotopic (exact) mass is 134 g/mol. The Labute approximate surface area is 53.0 Å². The van der Waals surface area contributed by atoms with Crippen LogP contribution >= 0.6 is 0 Å². The van der Waals surface area contributed by atoms with Crippen LogP contribution in [0.2, 0.25) is 0 Å². The zero-order chi connectivity index (χ0) is 6.69. The molecule has 0 aromatic heterocycles. The molecule has 1 saturated heterocycles. The number of aliphatic hydroxyl groups is 2. The van der Waals surface area contributed by atoms with E-state index in [-0.39, 0.29) is 19.5 Å². The van der Waals surface area contributed by atoms with Gasteiger partial charge in [-0.2, -0.15) is 0 Å². The van der Waals surface area contributed by atoms with Gasteiger partial charge in [0, 0.05) is 0 Å². The summed E-state index contributed by atoms with van der Waals surface area (Å²) in [5.74, 6) is 0. The van der Waals surface area contributed by atoms with Crippen LogP contribution in [-0.4, -0.2) is 42.4 Å². The molecule has 1 unspecified atom stereocenters. The van der Waals surface area contributed by atoms with E-state index in [1.807, 2.05) is 0 Å². The SMILES string of the molecule is OCC(CO)OC1CO1. The maximum atomic E-state index is 8.46. The van der Waals surface area contributed by atoms with Gasteiger partial charge in [-0.3, -0.25) is 0 Å². The predicted molar refractivity (Wildman–Crippen MR) is 28.8 cm³/mol. The van der Waals surface area contributed by atoms with Crippen molar-refractivity contribution in [1.29, 1.82) is 0 Å². The fourth-order valence-corrected chi connectivity index (χ4v) is 0.476. The lowest BCUT2D eigenvalue weighted by atomic mass is 10.4. The summed E-state index contributed by atoms with van der Waals surface area (Å²) in [6.45, 7) is 0.267. The molecule has 9 heavy (non-hydrogen) atoms. The Morgan fingerprint density at radius 3 is 2.44 bits per heavy atom. The van der Waals surface area contributed by atoms with E-state index in [9.17, 15) is 0 Å². The number of hydrogen-bond donors (Lipinski definition) is 2. The lowest BCUT2D eigenvalue weighted by molar-refractivity contribution is -0.0605. The summed E-state index contributed by atoms with van der Waals surface area (Å²) in [5, 5.41) is 16.9. The molecule has 0 aliphatic carbocycles. The fraction of sp³-hybridized carbons (Fsp3) is 1.00. The summed E-state index contributed by atoms with van der Waals surface area (Å²) >= 11 is 0. The molecule has 1 atom stereocenters. The normalized spacial score (nSPS) is 25.0. The lowest BCUT2D eigenvalue weighted by Gasteiger charge is -2.08. The van der Waals surface area contributed by atoms with Crippen LogP contribution < -0.4 is 0 Å². The molecule has 0 amide bonds. The maximum Gasteiger partial charge on any atom is 0.181 e. The van der Waals surface area contributed by atoms with Crippen LogP contribution in [0.5, 0.6) is 0 Å². The first-order chi connectivity index (χ1) is 4.36. The summed E-state index contributed by atoms with van der Waals surface area (Å²) in [6.07, 6.45) is -0.660. The maximum absolute atomic E-state index is 8.46. The van der Waals surface area contributed by atoms with E-state index in [0.29, 0.717) is 6.61 Å². The molecule has 54 valence electrons. The van der Waals surface area contributed by atoms with Crippen molar-refractivity contribution in [3.05, 3.63) is 0 Å². The van der Waals surface area contributed by atoms with Gasteiger partial charge >= 0.3 is 0 Å². The number of ether oxygens (including phenoxy) is 2. The van der Waals surface area contributed by atoms with E-state index in [2.05, 4.69) is 0 Å². The Hall–Kier alpha value is -0.160. The number of rotatable bonds is 4. The van der Waals surface area contributed by atoms with Gasteiger partial charge in [0.25, 0.3) is 0 Å². The third-order valence-electron chi connectivity index (χ3n) is 1.05. The van der Waals surface area contributed by atoms with E-state index in [1.54, 1.807) is 0 Å². The summed E-state index contributed by atoms with van der Waals surface area (Å²) < 4.78 is 9.64. The number of epoxide rings is 1. The van der Waals surface area contributed by atoms with Crippen molar-refractivity contribution in [2.24, 2.45) is 0 Å². The first-order valence-electron chi connectivity index (χ1n) is 2.85. The largest absolute Gasteiger partial charge is 0.394 e. The second kappa shape index (κ2) is 3.12. The molecule has 0 aromatic rings. The minimum absolute atomic E-state index is 0.156. The molecule has 1 fully saturated rings. The van der Waals surface area contributed by atoms with E-state index < -0.39 is 6.10 Å². The zero-order valence-corrected chi connectivity index (χ0v) is 4.99. The Kier molecular flexibility index (Phi) is 2.41. The molecule has 0 aromatic carbocycles. The van der Waals surface area contributed by atoms with Gasteiger partial charge in [0.2, 0.25) is 0 Å². The van der Waals surface area contributed by atoms with E-state index in [1.165, 1.54) is 0 Å². The molecule has 0 radical (unpaired) electrons. The first kappa shape index (κ1) is 6.95. The molecule has 2 N–H and O–H groups in total. The van der Waals surface area contributed by atoms with Crippen LogP contribution in [0.1, 0.15) is 0 Å². The average Bonchev–Trinajstić information content (AvgIpc) is 2.66. The van der Waals surface area contributed by atoms with Gasteiger partial charge in [-0.05, 0) is 0 Å². The molecular weight excluding hydrogens is 124 g/mol. The summed E-state index contributed by atoms with van der Waals surface area (Å²) in [6, 6.07) is 0. The van der Waals surface area contributed by atoms with Crippen molar-refractivity contribution in [1.82, 2.24) is 0 Å². The molecule has 0 spiro atoms. The van der Waals surface area contributed by atoms with Crippen molar-refractivity contribution in [3.63, 3.8) is 0 Å². The van der Waals surface area contributed by atoms with Gasteiger partial charge in [0.1, 0.15) is 12.7 Å². The van der Waals surface area contributed by atoms with Crippen molar-refractivity contribution < 1.29 is 19.7 Å². The van der Waals surface area contributed by atoms with Gasteiger partial charge in [0.15, 0.2) is 6.29 Å². The van der Waals surface area contributed by atoms with Crippen molar-refractivity contribution in [2.75, 3.05) is 19.8 Å². The second-order valence-electron chi connectivity index (χ2n) is 1.89. The smallest absolute Gasteiger partial charge is 0.181 e. The summed E-state index contributed by atoms with van der Waals surface area (Å²) in [7, 11) is 0. The fourth-order valence-electron chi connectivity index (χ4n) is 0.476. The topological polar surface area (TPSA) is 62.2 Å². The van der Waals surface area contributed by atoms with Crippen LogP contribution in [-0.2, 0) is 9.47 Å². The molecule has 1 heterocycles. The van der Waals surface area contributed by atoms with Gasteiger partial charge in [-0.15, -0.1) is 0 Å². The zero-order valence-electron chi connectivity index (χ0n) is 4.99. The van der Waals surface area contributed by atoms with Gasteiger partial charge in [-0.1, -0.05) is 0 Å². The van der Waals surface area contributed by atoms with Crippen molar-refractivity contribution in [3.8, 4) is 0 Å². The summed E-state index contributed by atoms with van der Waals surface area (Å²) in [5.41, 5.74) is 0. The molecule has 0 bridgehead atoms. The van der Waals surface area contributed by atoms with Crippen LogP contribution in [0.4, 0.5) is 0 Å². The standard InChI is InChI=1S/C5H10O4/c6-1-4(2-7)9-5-3-8-5/h4-7H,1-3H2. The summed E-state index contributed by atoms with van der Waals surface area (Å²) in [4.78, 5) is 0. The molecule has 4 nitrogen and oxygen atoms in total. The molecule has 1 rings (SSSR count). The first-order valence-corrected chi connectivity index (χ1v) is 2.85. The highest BCUT2D eigenvalue weighted by Crippen LogP contribution is 2.12. The van der Waals surface area contributed by atoms with Crippen molar-refractivity contribution >= 4 is 0 Å². The van der Waals surface area contributed by atoms with E-state index >= 15 is 0 Å². The highest BCUT2D eigenvalue weighted by Gasteiger charge is 2.26. The van der Waals surface area contributed by atoms with Crippen LogP contribution in [0.25, 0.3) is 0 Å². The molecule has 0 saturated carbocycles. The van der Waals surface area contributed by atoms with Crippen LogP contribution in [0.15, 0.2) is 0 Å². The molecule has 4 heteroatoms. The Morgan fingerprint density at radius 1 is 1.56 bits per heavy atom. The average molecular weight is 134 g/mol. The van der Waals surface area contributed by atoms with Gasteiger partial charge in [-0.25, -0.2) is 0 Å². The molecule has 1 aliphatic rings. The molecule has 1 aliphatic heterocycles. The minimum Gasteiger partial charge on any atom is -0.394 e. The van der Waals surface area contributed by atoms with Crippen molar-refractivity contribution in [2.45, 2.75) is 12.4 Å². The third-order valence-corrected chi connectivity index (χ3v) is 1.05. The van der Waals surface area contributed by atoms with E-state index in [0.717, 1.165) is 0 Å².